The van der Waals surface area contributed by atoms with Gasteiger partial charge in [0, 0.05) is 25.0 Å². The molecule has 1 amide bonds. The molecule has 0 aliphatic carbocycles. The quantitative estimate of drug-likeness (QED) is 0.738. The number of carbonyl (C=O) groups excluding carboxylic acids is 1. The lowest BCUT2D eigenvalue weighted by molar-refractivity contribution is -0.124. The first-order valence-corrected chi connectivity index (χ1v) is 6.97. The van der Waals surface area contributed by atoms with Gasteiger partial charge in [0.25, 0.3) is 0 Å². The highest BCUT2D eigenvalue weighted by atomic mass is 16.1. The summed E-state index contributed by atoms with van der Waals surface area (Å²) < 4.78 is 0. The van der Waals surface area contributed by atoms with E-state index in [1.54, 1.807) is 7.05 Å². The van der Waals surface area contributed by atoms with Crippen LogP contribution < -0.4 is 11.1 Å². The van der Waals surface area contributed by atoms with Crippen LogP contribution in [0.2, 0.25) is 0 Å². The SMILES string of the molecule is CNC(C)(CC(C)N(C)CCc1ccncc1)C(N)=O. The van der Waals surface area contributed by atoms with E-state index < -0.39 is 5.54 Å². The second-order valence-electron chi connectivity index (χ2n) is 5.59. The fourth-order valence-corrected chi connectivity index (χ4v) is 2.15. The average molecular weight is 278 g/mol. The molecule has 1 heterocycles. The van der Waals surface area contributed by atoms with Crippen molar-refractivity contribution in [1.82, 2.24) is 15.2 Å². The Balaban J connectivity index is 2.50. The molecule has 5 heteroatoms. The van der Waals surface area contributed by atoms with Crippen LogP contribution in [0.3, 0.4) is 0 Å². The second kappa shape index (κ2) is 7.36. The summed E-state index contributed by atoms with van der Waals surface area (Å²) in [6, 6.07) is 4.32. The highest BCUT2D eigenvalue weighted by molar-refractivity contribution is 5.84. The van der Waals surface area contributed by atoms with Gasteiger partial charge in [0.05, 0.1) is 5.54 Å². The molecule has 20 heavy (non-hydrogen) atoms. The summed E-state index contributed by atoms with van der Waals surface area (Å²) in [5.74, 6) is -0.311. The number of carbonyl (C=O) groups is 1. The van der Waals surface area contributed by atoms with E-state index in [1.165, 1.54) is 5.56 Å². The lowest BCUT2D eigenvalue weighted by Crippen LogP contribution is -2.54. The van der Waals surface area contributed by atoms with Gasteiger partial charge in [-0.15, -0.1) is 0 Å². The molecule has 3 N–H and O–H groups in total. The van der Waals surface area contributed by atoms with Gasteiger partial charge in [-0.1, -0.05) is 0 Å². The molecule has 0 aliphatic heterocycles. The molecule has 0 spiro atoms. The van der Waals surface area contributed by atoms with Gasteiger partial charge < -0.3 is 16.0 Å². The molecule has 0 aliphatic rings. The van der Waals surface area contributed by atoms with Gasteiger partial charge in [-0.3, -0.25) is 9.78 Å². The van der Waals surface area contributed by atoms with Gasteiger partial charge in [-0.05, 0) is 58.5 Å². The van der Waals surface area contributed by atoms with Crippen molar-refractivity contribution < 1.29 is 4.79 Å². The molecule has 0 saturated heterocycles. The van der Waals surface area contributed by atoms with Gasteiger partial charge in [0.15, 0.2) is 0 Å². The van der Waals surface area contributed by atoms with Crippen LogP contribution in [0.1, 0.15) is 25.8 Å². The van der Waals surface area contributed by atoms with E-state index in [-0.39, 0.29) is 11.9 Å². The number of nitrogens with two attached hydrogens (primary N) is 1. The van der Waals surface area contributed by atoms with E-state index in [2.05, 4.69) is 29.2 Å². The van der Waals surface area contributed by atoms with Gasteiger partial charge in [0.1, 0.15) is 0 Å². The molecule has 1 aromatic rings. The molecule has 0 radical (unpaired) electrons. The maximum Gasteiger partial charge on any atom is 0.237 e. The summed E-state index contributed by atoms with van der Waals surface area (Å²) >= 11 is 0. The predicted octanol–water partition coefficient (Wildman–Crippen LogP) is 0.798. The van der Waals surface area contributed by atoms with Crippen LogP contribution in [-0.4, -0.2) is 48.0 Å². The minimum absolute atomic E-state index is 0.266. The lowest BCUT2D eigenvalue weighted by atomic mass is 9.92. The Morgan fingerprint density at radius 3 is 2.60 bits per heavy atom. The van der Waals surface area contributed by atoms with Crippen LogP contribution >= 0.6 is 0 Å². The Morgan fingerprint density at radius 2 is 2.10 bits per heavy atom. The fraction of sp³-hybridized carbons (Fsp3) is 0.600. The zero-order valence-electron chi connectivity index (χ0n) is 12.9. The van der Waals surface area contributed by atoms with Gasteiger partial charge in [-0.2, -0.15) is 0 Å². The molecule has 1 aromatic heterocycles. The molecule has 0 fully saturated rings. The van der Waals surface area contributed by atoms with Crippen LogP contribution in [0.25, 0.3) is 0 Å². The summed E-state index contributed by atoms with van der Waals surface area (Å²) in [6.45, 7) is 4.90. The first kappa shape index (κ1) is 16.6. The number of likely N-dealkylation sites (N-methyl/N-ethyl adjacent to an activating group) is 2. The first-order valence-electron chi connectivity index (χ1n) is 6.97. The fourth-order valence-electron chi connectivity index (χ4n) is 2.15. The number of hydrogen-bond acceptors (Lipinski definition) is 4. The molecular formula is C15H26N4O. The van der Waals surface area contributed by atoms with Crippen molar-refractivity contribution >= 4 is 5.91 Å². The minimum atomic E-state index is -0.662. The van der Waals surface area contributed by atoms with Crippen molar-refractivity contribution in [3.63, 3.8) is 0 Å². The summed E-state index contributed by atoms with van der Waals surface area (Å²) in [6.07, 6.45) is 5.27. The van der Waals surface area contributed by atoms with Crippen LogP contribution in [0.5, 0.6) is 0 Å². The first-order chi connectivity index (χ1) is 9.39. The molecule has 2 unspecified atom stereocenters. The largest absolute Gasteiger partial charge is 0.368 e. The Hall–Kier alpha value is -1.46. The molecule has 112 valence electrons. The van der Waals surface area contributed by atoms with E-state index >= 15 is 0 Å². The van der Waals surface area contributed by atoms with Gasteiger partial charge in [0.2, 0.25) is 5.91 Å². The molecule has 0 aromatic carbocycles. The Bertz CT molecular complexity index is 423. The lowest BCUT2D eigenvalue weighted by Gasteiger charge is -2.33. The van der Waals surface area contributed by atoms with Crippen molar-refractivity contribution in [2.24, 2.45) is 5.73 Å². The zero-order valence-corrected chi connectivity index (χ0v) is 12.9. The van der Waals surface area contributed by atoms with Crippen molar-refractivity contribution in [2.75, 3.05) is 20.6 Å². The third-order valence-corrected chi connectivity index (χ3v) is 4.05. The molecule has 5 nitrogen and oxygen atoms in total. The summed E-state index contributed by atoms with van der Waals surface area (Å²) in [5, 5.41) is 3.03. The topological polar surface area (TPSA) is 71.2 Å². The minimum Gasteiger partial charge on any atom is -0.368 e. The predicted molar refractivity (Wildman–Crippen MR) is 81.3 cm³/mol. The summed E-state index contributed by atoms with van der Waals surface area (Å²) in [5.41, 5.74) is 6.07. The number of nitrogens with zero attached hydrogens (tertiary/aromatic N) is 2. The van der Waals surface area contributed by atoms with Crippen molar-refractivity contribution in [3.8, 4) is 0 Å². The number of hydrogen-bond donors (Lipinski definition) is 2. The van der Waals surface area contributed by atoms with Crippen molar-refractivity contribution in [3.05, 3.63) is 30.1 Å². The molecule has 0 bridgehead atoms. The maximum absolute atomic E-state index is 11.5. The third-order valence-electron chi connectivity index (χ3n) is 4.05. The molecule has 2 atom stereocenters. The Morgan fingerprint density at radius 1 is 1.50 bits per heavy atom. The van der Waals surface area contributed by atoms with Crippen molar-refractivity contribution in [1.29, 1.82) is 0 Å². The van der Waals surface area contributed by atoms with E-state index in [0.29, 0.717) is 6.42 Å². The smallest absolute Gasteiger partial charge is 0.237 e. The van der Waals surface area contributed by atoms with E-state index in [0.717, 1.165) is 13.0 Å². The number of aromatic nitrogens is 1. The van der Waals surface area contributed by atoms with Gasteiger partial charge in [-0.25, -0.2) is 0 Å². The molecule has 1 rings (SSSR count). The second-order valence-corrected chi connectivity index (χ2v) is 5.59. The number of amides is 1. The van der Waals surface area contributed by atoms with Crippen molar-refractivity contribution in [2.45, 2.75) is 38.3 Å². The normalized spacial score (nSPS) is 15.8. The van der Waals surface area contributed by atoms with E-state index in [1.807, 2.05) is 31.5 Å². The monoisotopic (exact) mass is 278 g/mol. The molecule has 0 saturated carbocycles. The number of rotatable bonds is 8. The highest BCUT2D eigenvalue weighted by Crippen LogP contribution is 2.15. The van der Waals surface area contributed by atoms with Crippen LogP contribution in [0.15, 0.2) is 24.5 Å². The number of primary amides is 1. The summed E-state index contributed by atoms with van der Waals surface area (Å²) in [4.78, 5) is 17.8. The highest BCUT2D eigenvalue weighted by Gasteiger charge is 2.31. The Labute approximate surface area is 121 Å². The average Bonchev–Trinajstić information content (AvgIpc) is 2.45. The third kappa shape index (κ3) is 4.58. The maximum atomic E-state index is 11.5. The Kier molecular flexibility index (Phi) is 6.10. The van der Waals surface area contributed by atoms with Crippen LogP contribution in [0.4, 0.5) is 0 Å². The van der Waals surface area contributed by atoms with Gasteiger partial charge >= 0.3 is 0 Å². The van der Waals surface area contributed by atoms with E-state index in [9.17, 15) is 4.79 Å². The van der Waals surface area contributed by atoms with E-state index in [4.69, 9.17) is 5.73 Å². The van der Waals surface area contributed by atoms with Crippen LogP contribution in [-0.2, 0) is 11.2 Å². The number of pyridine rings is 1. The summed E-state index contributed by atoms with van der Waals surface area (Å²) in [7, 11) is 3.84. The zero-order chi connectivity index (χ0) is 15.2. The standard InChI is InChI=1S/C15H26N4O/c1-12(11-15(2,17-3)14(16)20)19(4)10-7-13-5-8-18-9-6-13/h5-6,8-9,12,17H,7,10-11H2,1-4H3,(H2,16,20). The number of nitrogens with one attached hydrogen (secondary N) is 1. The van der Waals surface area contributed by atoms with Crippen LogP contribution in [0, 0.1) is 0 Å². The molecular weight excluding hydrogens is 252 g/mol.